The lowest BCUT2D eigenvalue weighted by Gasteiger charge is -2.23. The van der Waals surface area contributed by atoms with Gasteiger partial charge in [-0.15, -0.1) is 0 Å². The maximum atomic E-state index is 11.0. The van der Waals surface area contributed by atoms with E-state index in [1.807, 2.05) is 12.1 Å². The van der Waals surface area contributed by atoms with E-state index in [1.165, 1.54) is 38.0 Å². The second-order valence-electron chi connectivity index (χ2n) is 4.53. The lowest BCUT2D eigenvalue weighted by molar-refractivity contribution is -0.134. The van der Waals surface area contributed by atoms with Crippen LogP contribution < -0.4 is 5.32 Å². The van der Waals surface area contributed by atoms with Crippen molar-refractivity contribution in [2.24, 2.45) is 0 Å². The molecule has 0 aliphatic carbocycles. The van der Waals surface area contributed by atoms with Gasteiger partial charge in [0.1, 0.15) is 0 Å². The standard InChI is InChI=1S/C15H19NO2/c1-18-15(17)10-7-12-5-8-13(9-6-12)14-4-2-3-11-16-14/h5-10,14,16H,2-4,11H2,1H3/b10-7+. The summed E-state index contributed by atoms with van der Waals surface area (Å²) in [7, 11) is 1.38. The molecule has 1 saturated heterocycles. The minimum absolute atomic E-state index is 0.326. The SMILES string of the molecule is COC(=O)/C=C/c1ccc(C2CCCCN2)cc1. The van der Waals surface area contributed by atoms with Gasteiger partial charge in [-0.1, -0.05) is 30.7 Å². The molecule has 0 aromatic heterocycles. The van der Waals surface area contributed by atoms with Crippen molar-refractivity contribution in [2.75, 3.05) is 13.7 Å². The fraction of sp³-hybridized carbons (Fsp3) is 0.400. The molecule has 0 radical (unpaired) electrons. The number of rotatable bonds is 3. The second-order valence-corrected chi connectivity index (χ2v) is 4.53. The third kappa shape index (κ3) is 3.44. The highest BCUT2D eigenvalue weighted by Crippen LogP contribution is 2.23. The van der Waals surface area contributed by atoms with Gasteiger partial charge in [0.25, 0.3) is 0 Å². The number of nitrogens with one attached hydrogen (secondary N) is 1. The van der Waals surface area contributed by atoms with Gasteiger partial charge in [-0.25, -0.2) is 4.79 Å². The number of ether oxygens (including phenoxy) is 1. The van der Waals surface area contributed by atoms with Gasteiger partial charge in [-0.2, -0.15) is 0 Å². The van der Waals surface area contributed by atoms with E-state index < -0.39 is 0 Å². The van der Waals surface area contributed by atoms with Gasteiger partial charge in [0.05, 0.1) is 7.11 Å². The Morgan fingerprint density at radius 2 is 2.11 bits per heavy atom. The molecule has 1 fully saturated rings. The van der Waals surface area contributed by atoms with Crippen molar-refractivity contribution in [3.8, 4) is 0 Å². The highest BCUT2D eigenvalue weighted by atomic mass is 16.5. The van der Waals surface area contributed by atoms with E-state index in [0.29, 0.717) is 6.04 Å². The molecule has 2 rings (SSSR count). The molecule has 0 saturated carbocycles. The van der Waals surface area contributed by atoms with Crippen molar-refractivity contribution in [1.29, 1.82) is 0 Å². The molecule has 96 valence electrons. The Labute approximate surface area is 108 Å². The van der Waals surface area contributed by atoms with E-state index in [-0.39, 0.29) is 5.97 Å². The summed E-state index contributed by atoms with van der Waals surface area (Å²) < 4.78 is 4.56. The quantitative estimate of drug-likeness (QED) is 0.657. The first-order chi connectivity index (χ1) is 8.79. The summed E-state index contributed by atoms with van der Waals surface area (Å²) in [5.74, 6) is -0.326. The molecule has 0 amide bonds. The van der Waals surface area contributed by atoms with Gasteiger partial charge in [-0.3, -0.25) is 0 Å². The lowest BCUT2D eigenvalue weighted by Crippen LogP contribution is -2.26. The first-order valence-corrected chi connectivity index (χ1v) is 6.39. The van der Waals surface area contributed by atoms with E-state index in [0.717, 1.165) is 12.1 Å². The van der Waals surface area contributed by atoms with Gasteiger partial charge in [0.2, 0.25) is 0 Å². The first-order valence-electron chi connectivity index (χ1n) is 6.39. The van der Waals surface area contributed by atoms with Crippen molar-refractivity contribution < 1.29 is 9.53 Å². The monoisotopic (exact) mass is 245 g/mol. The Bertz CT molecular complexity index is 417. The van der Waals surface area contributed by atoms with Gasteiger partial charge in [0, 0.05) is 12.1 Å². The summed E-state index contributed by atoms with van der Waals surface area (Å²) in [6.07, 6.45) is 6.98. The van der Waals surface area contributed by atoms with Crippen molar-refractivity contribution >= 4 is 12.0 Å². The van der Waals surface area contributed by atoms with Crippen LogP contribution in [0, 0.1) is 0 Å². The number of methoxy groups -OCH3 is 1. The number of hydrogen-bond donors (Lipinski definition) is 1. The summed E-state index contributed by atoms with van der Waals surface area (Å²) in [4.78, 5) is 11.0. The number of piperidine rings is 1. The summed E-state index contributed by atoms with van der Waals surface area (Å²) in [6, 6.07) is 8.80. The summed E-state index contributed by atoms with van der Waals surface area (Å²) in [5, 5.41) is 3.52. The molecule has 1 aliphatic heterocycles. The topological polar surface area (TPSA) is 38.3 Å². The van der Waals surface area contributed by atoms with Crippen LogP contribution in [0.15, 0.2) is 30.3 Å². The Morgan fingerprint density at radius 3 is 2.72 bits per heavy atom. The largest absolute Gasteiger partial charge is 0.466 e. The highest BCUT2D eigenvalue weighted by Gasteiger charge is 2.13. The third-order valence-corrected chi connectivity index (χ3v) is 3.26. The van der Waals surface area contributed by atoms with Crippen LogP contribution in [0.25, 0.3) is 6.08 Å². The van der Waals surface area contributed by atoms with Crippen LogP contribution in [0.5, 0.6) is 0 Å². The van der Waals surface area contributed by atoms with Gasteiger partial charge < -0.3 is 10.1 Å². The molecule has 18 heavy (non-hydrogen) atoms. The fourth-order valence-corrected chi connectivity index (χ4v) is 2.21. The molecule has 3 heteroatoms. The molecule has 1 unspecified atom stereocenters. The lowest BCUT2D eigenvalue weighted by atomic mass is 9.97. The zero-order valence-electron chi connectivity index (χ0n) is 10.7. The van der Waals surface area contributed by atoms with Crippen LogP contribution in [0.1, 0.15) is 36.4 Å². The molecule has 1 aliphatic rings. The number of carbonyl (C=O) groups is 1. The molecule has 0 bridgehead atoms. The zero-order chi connectivity index (χ0) is 12.8. The minimum Gasteiger partial charge on any atom is -0.466 e. The van der Waals surface area contributed by atoms with E-state index >= 15 is 0 Å². The number of hydrogen-bond acceptors (Lipinski definition) is 3. The van der Waals surface area contributed by atoms with E-state index in [2.05, 4.69) is 22.2 Å². The Morgan fingerprint density at radius 1 is 1.33 bits per heavy atom. The smallest absolute Gasteiger partial charge is 0.330 e. The van der Waals surface area contributed by atoms with Gasteiger partial charge in [-0.05, 0) is 36.6 Å². The summed E-state index contributed by atoms with van der Waals surface area (Å²) >= 11 is 0. The van der Waals surface area contributed by atoms with Crippen LogP contribution in [-0.4, -0.2) is 19.6 Å². The first kappa shape index (κ1) is 12.8. The molecule has 1 aromatic rings. The van der Waals surface area contributed by atoms with E-state index in [9.17, 15) is 4.79 Å². The predicted octanol–water partition coefficient (Wildman–Crippen LogP) is 2.69. The van der Waals surface area contributed by atoms with Crippen LogP contribution in [0.4, 0.5) is 0 Å². The zero-order valence-corrected chi connectivity index (χ0v) is 10.7. The Kier molecular flexibility index (Phi) is 4.53. The molecular formula is C15H19NO2. The molecule has 1 atom stereocenters. The van der Waals surface area contributed by atoms with Gasteiger partial charge >= 0.3 is 5.97 Å². The van der Waals surface area contributed by atoms with Crippen molar-refractivity contribution in [3.63, 3.8) is 0 Å². The number of benzene rings is 1. The van der Waals surface area contributed by atoms with Gasteiger partial charge in [0.15, 0.2) is 0 Å². The fourth-order valence-electron chi connectivity index (χ4n) is 2.21. The van der Waals surface area contributed by atoms with Crippen molar-refractivity contribution in [3.05, 3.63) is 41.5 Å². The third-order valence-electron chi connectivity index (χ3n) is 3.26. The minimum atomic E-state index is -0.326. The molecule has 1 N–H and O–H groups in total. The number of carbonyl (C=O) groups excluding carboxylic acids is 1. The maximum absolute atomic E-state index is 11.0. The van der Waals surface area contributed by atoms with Crippen molar-refractivity contribution in [1.82, 2.24) is 5.32 Å². The molecule has 1 aromatic carbocycles. The average molecular weight is 245 g/mol. The number of esters is 1. The molecule has 3 nitrogen and oxygen atoms in total. The van der Waals surface area contributed by atoms with Crippen LogP contribution in [-0.2, 0) is 9.53 Å². The van der Waals surface area contributed by atoms with Crippen molar-refractivity contribution in [2.45, 2.75) is 25.3 Å². The highest BCUT2D eigenvalue weighted by molar-refractivity contribution is 5.86. The normalized spacial score (nSPS) is 19.9. The Hall–Kier alpha value is -1.61. The molecule has 0 spiro atoms. The summed E-state index contributed by atoms with van der Waals surface area (Å²) in [6.45, 7) is 1.11. The molecule has 1 heterocycles. The summed E-state index contributed by atoms with van der Waals surface area (Å²) in [5.41, 5.74) is 2.34. The van der Waals surface area contributed by atoms with E-state index in [4.69, 9.17) is 0 Å². The Balaban J connectivity index is 2.00. The van der Waals surface area contributed by atoms with Crippen LogP contribution >= 0.6 is 0 Å². The second kappa shape index (κ2) is 6.36. The van der Waals surface area contributed by atoms with Crippen LogP contribution in [0.3, 0.4) is 0 Å². The van der Waals surface area contributed by atoms with E-state index in [1.54, 1.807) is 6.08 Å². The molecular weight excluding hydrogens is 226 g/mol. The predicted molar refractivity (Wildman–Crippen MR) is 72.1 cm³/mol. The average Bonchev–Trinajstić information content (AvgIpc) is 2.46. The maximum Gasteiger partial charge on any atom is 0.330 e. The van der Waals surface area contributed by atoms with Crippen LogP contribution in [0.2, 0.25) is 0 Å².